The fraction of sp³-hybridized carbons (Fsp3) is 0.786. The van der Waals surface area contributed by atoms with Gasteiger partial charge in [0.1, 0.15) is 6.04 Å². The molecule has 1 saturated carbocycles. The van der Waals surface area contributed by atoms with Crippen LogP contribution in [-0.2, 0) is 9.59 Å². The summed E-state index contributed by atoms with van der Waals surface area (Å²) < 4.78 is 0. The van der Waals surface area contributed by atoms with Crippen molar-refractivity contribution in [1.29, 1.82) is 0 Å². The summed E-state index contributed by atoms with van der Waals surface area (Å²) in [6, 6.07) is -0.944. The zero-order valence-corrected chi connectivity index (χ0v) is 13.1. The number of carboxylic acids is 1. The van der Waals surface area contributed by atoms with Crippen LogP contribution in [0.4, 0.5) is 4.79 Å². The third-order valence-electron chi connectivity index (χ3n) is 3.05. The molecule has 0 spiro atoms. The first-order valence-electron chi connectivity index (χ1n) is 7.21. The number of carbonyl (C=O) groups excluding carboxylic acids is 2. The lowest BCUT2D eigenvalue weighted by molar-refractivity contribution is -0.137. The molecule has 21 heavy (non-hydrogen) atoms. The van der Waals surface area contributed by atoms with Crippen LogP contribution in [0.25, 0.3) is 0 Å². The predicted octanol–water partition coefficient (Wildman–Crippen LogP) is 0.938. The molecular formula is C14H25N3O4. The normalized spacial score (nSPS) is 16.0. The quantitative estimate of drug-likeness (QED) is 0.679. The van der Waals surface area contributed by atoms with Crippen molar-refractivity contribution in [2.24, 2.45) is 0 Å². The third-order valence-corrected chi connectivity index (χ3v) is 3.05. The highest BCUT2D eigenvalue weighted by molar-refractivity contribution is 5.87. The van der Waals surface area contributed by atoms with Gasteiger partial charge in [-0.3, -0.25) is 9.59 Å². The zero-order chi connectivity index (χ0) is 16.2. The smallest absolute Gasteiger partial charge is 0.318 e. The molecule has 0 radical (unpaired) electrons. The number of urea groups is 1. The van der Waals surface area contributed by atoms with Gasteiger partial charge >= 0.3 is 12.0 Å². The Bertz CT molecular complexity index is 413. The number of nitrogens with zero attached hydrogens (tertiary/aromatic N) is 1. The molecule has 7 nitrogen and oxygen atoms in total. The highest BCUT2D eigenvalue weighted by atomic mass is 16.4. The molecule has 7 heteroatoms. The molecule has 0 aliphatic heterocycles. The van der Waals surface area contributed by atoms with Crippen molar-refractivity contribution in [3.05, 3.63) is 0 Å². The van der Waals surface area contributed by atoms with E-state index in [0.29, 0.717) is 0 Å². The fourth-order valence-corrected chi connectivity index (χ4v) is 1.86. The van der Waals surface area contributed by atoms with Crippen molar-refractivity contribution >= 4 is 17.9 Å². The number of carboxylic acid groups (broad SMARTS) is 1. The van der Waals surface area contributed by atoms with E-state index in [2.05, 4.69) is 10.6 Å². The molecule has 120 valence electrons. The van der Waals surface area contributed by atoms with Gasteiger partial charge in [0, 0.05) is 18.1 Å². The topological polar surface area (TPSA) is 98.7 Å². The highest BCUT2D eigenvalue weighted by Gasteiger charge is 2.34. The number of nitrogens with one attached hydrogen (secondary N) is 2. The summed E-state index contributed by atoms with van der Waals surface area (Å²) in [4.78, 5) is 36.2. The molecule has 0 aromatic carbocycles. The van der Waals surface area contributed by atoms with E-state index in [1.54, 1.807) is 6.92 Å². The Balaban J connectivity index is 2.52. The standard InChI is InChI=1S/C14H25N3O4/c1-9(12(20)16-14(2,3)4)15-13(21)17(10-5-6-10)8-7-11(18)19/h9-10H,5-8H2,1-4H3,(H,15,21)(H,16,20)(H,18,19). The van der Waals surface area contributed by atoms with Crippen LogP contribution in [-0.4, -0.2) is 52.1 Å². The molecule has 1 rings (SSSR count). The zero-order valence-electron chi connectivity index (χ0n) is 13.1. The number of hydrogen-bond acceptors (Lipinski definition) is 3. The molecule has 1 fully saturated rings. The van der Waals surface area contributed by atoms with E-state index in [9.17, 15) is 14.4 Å². The third kappa shape index (κ3) is 6.46. The molecule has 0 saturated heterocycles. The Kier molecular flexibility index (Phi) is 5.57. The summed E-state index contributed by atoms with van der Waals surface area (Å²) in [5, 5.41) is 14.1. The van der Waals surface area contributed by atoms with Crippen LogP contribution in [0.2, 0.25) is 0 Å². The van der Waals surface area contributed by atoms with Crippen LogP contribution in [0.3, 0.4) is 0 Å². The second-order valence-corrected chi connectivity index (χ2v) is 6.48. The van der Waals surface area contributed by atoms with Crippen LogP contribution in [0.15, 0.2) is 0 Å². The van der Waals surface area contributed by atoms with Gasteiger partial charge in [-0.2, -0.15) is 0 Å². The van der Waals surface area contributed by atoms with E-state index in [1.807, 2.05) is 20.8 Å². The van der Waals surface area contributed by atoms with E-state index < -0.39 is 12.0 Å². The van der Waals surface area contributed by atoms with Crippen molar-refractivity contribution in [1.82, 2.24) is 15.5 Å². The van der Waals surface area contributed by atoms with E-state index >= 15 is 0 Å². The second-order valence-electron chi connectivity index (χ2n) is 6.48. The number of aliphatic carboxylic acids is 1. The lowest BCUT2D eigenvalue weighted by Crippen LogP contribution is -2.54. The van der Waals surface area contributed by atoms with Crippen molar-refractivity contribution in [2.45, 2.75) is 64.6 Å². The highest BCUT2D eigenvalue weighted by Crippen LogP contribution is 2.27. The van der Waals surface area contributed by atoms with E-state index in [-0.39, 0.29) is 36.5 Å². The van der Waals surface area contributed by atoms with Gasteiger partial charge in [-0.05, 0) is 40.5 Å². The number of rotatable bonds is 6. The van der Waals surface area contributed by atoms with Gasteiger partial charge < -0.3 is 20.6 Å². The monoisotopic (exact) mass is 299 g/mol. The number of hydrogen-bond donors (Lipinski definition) is 3. The van der Waals surface area contributed by atoms with Crippen LogP contribution < -0.4 is 10.6 Å². The summed E-state index contributed by atoms with van der Waals surface area (Å²) in [5.74, 6) is -1.20. The van der Waals surface area contributed by atoms with Crippen molar-refractivity contribution in [3.8, 4) is 0 Å². The van der Waals surface area contributed by atoms with E-state index in [0.717, 1.165) is 12.8 Å². The minimum absolute atomic E-state index is 0.0908. The Morgan fingerprint density at radius 2 is 1.86 bits per heavy atom. The first kappa shape index (κ1) is 17.3. The summed E-state index contributed by atoms with van der Waals surface area (Å²) in [6.45, 7) is 7.37. The average molecular weight is 299 g/mol. The lowest BCUT2D eigenvalue weighted by atomic mass is 10.1. The van der Waals surface area contributed by atoms with Gasteiger partial charge in [-0.1, -0.05) is 0 Å². The van der Waals surface area contributed by atoms with Crippen LogP contribution >= 0.6 is 0 Å². The van der Waals surface area contributed by atoms with Gasteiger partial charge in [0.2, 0.25) is 5.91 Å². The SMILES string of the molecule is CC(NC(=O)N(CCC(=O)O)C1CC1)C(=O)NC(C)(C)C. The lowest BCUT2D eigenvalue weighted by Gasteiger charge is -2.27. The maximum Gasteiger partial charge on any atom is 0.318 e. The second kappa shape index (κ2) is 6.78. The molecule has 1 aliphatic carbocycles. The molecule has 3 N–H and O–H groups in total. The Labute approximate surface area is 125 Å². The summed E-state index contributed by atoms with van der Waals surface area (Å²) in [7, 11) is 0. The van der Waals surface area contributed by atoms with Gasteiger partial charge in [-0.25, -0.2) is 4.79 Å². The Hall–Kier alpha value is -1.79. The molecule has 1 atom stereocenters. The molecular weight excluding hydrogens is 274 g/mol. The molecule has 0 aromatic heterocycles. The predicted molar refractivity (Wildman–Crippen MR) is 77.9 cm³/mol. The molecule has 3 amide bonds. The maximum absolute atomic E-state index is 12.2. The number of carbonyl (C=O) groups is 3. The van der Waals surface area contributed by atoms with Gasteiger partial charge in [0.25, 0.3) is 0 Å². The summed E-state index contributed by atoms with van der Waals surface area (Å²) in [5.41, 5.74) is -0.366. The van der Waals surface area contributed by atoms with Crippen molar-refractivity contribution in [3.63, 3.8) is 0 Å². The first-order valence-corrected chi connectivity index (χ1v) is 7.21. The summed E-state index contributed by atoms with van der Waals surface area (Å²) in [6.07, 6.45) is 1.68. The fourth-order valence-electron chi connectivity index (χ4n) is 1.86. The van der Waals surface area contributed by atoms with Crippen LogP contribution in [0, 0.1) is 0 Å². The van der Waals surface area contributed by atoms with Crippen molar-refractivity contribution in [2.75, 3.05) is 6.54 Å². The van der Waals surface area contributed by atoms with Crippen LogP contribution in [0.1, 0.15) is 47.0 Å². The van der Waals surface area contributed by atoms with Gasteiger partial charge in [-0.15, -0.1) is 0 Å². The van der Waals surface area contributed by atoms with Gasteiger partial charge in [0.15, 0.2) is 0 Å². The number of amides is 3. The van der Waals surface area contributed by atoms with E-state index in [4.69, 9.17) is 5.11 Å². The molecule has 0 heterocycles. The first-order chi connectivity index (χ1) is 9.60. The molecule has 0 aromatic rings. The van der Waals surface area contributed by atoms with E-state index in [1.165, 1.54) is 4.90 Å². The Morgan fingerprint density at radius 1 is 1.29 bits per heavy atom. The summed E-state index contributed by atoms with van der Waals surface area (Å²) >= 11 is 0. The average Bonchev–Trinajstić information content (AvgIpc) is 3.10. The molecule has 1 unspecified atom stereocenters. The molecule has 0 bridgehead atoms. The Morgan fingerprint density at radius 3 is 2.29 bits per heavy atom. The van der Waals surface area contributed by atoms with Crippen molar-refractivity contribution < 1.29 is 19.5 Å². The minimum Gasteiger partial charge on any atom is -0.481 e. The largest absolute Gasteiger partial charge is 0.481 e. The maximum atomic E-state index is 12.2. The molecule has 1 aliphatic rings. The van der Waals surface area contributed by atoms with Gasteiger partial charge in [0.05, 0.1) is 6.42 Å². The van der Waals surface area contributed by atoms with Crippen LogP contribution in [0.5, 0.6) is 0 Å². The minimum atomic E-state index is -0.938.